The average Bonchev–Trinajstić information content (AvgIpc) is 2.58. The second-order valence-electron chi connectivity index (χ2n) is 5.37. The molecule has 0 aliphatic heterocycles. The molecule has 8 heteroatoms. The summed E-state index contributed by atoms with van der Waals surface area (Å²) >= 11 is 1.55. The average molecular weight is 361 g/mol. The highest BCUT2D eigenvalue weighted by Gasteiger charge is 2.20. The maximum atomic E-state index is 12.2. The summed E-state index contributed by atoms with van der Waals surface area (Å²) in [6.07, 6.45) is 1.93. The number of carbonyl (C=O) groups excluding carboxylic acids is 2. The first-order valence-corrected chi connectivity index (χ1v) is 8.71. The van der Waals surface area contributed by atoms with E-state index in [4.69, 9.17) is 4.74 Å². The molecule has 0 saturated carbocycles. The Morgan fingerprint density at radius 3 is 2.72 bits per heavy atom. The fourth-order valence-electron chi connectivity index (χ4n) is 2.19. The number of nitrogens with one attached hydrogen (secondary N) is 1. The van der Waals surface area contributed by atoms with Gasteiger partial charge in [-0.15, -0.1) is 11.8 Å². The van der Waals surface area contributed by atoms with E-state index in [0.717, 1.165) is 9.58 Å². The minimum absolute atomic E-state index is 0.104. The topological polar surface area (TPSA) is 90.3 Å². The van der Waals surface area contributed by atoms with Crippen molar-refractivity contribution in [1.29, 1.82) is 0 Å². The van der Waals surface area contributed by atoms with E-state index in [1.807, 2.05) is 24.5 Å². The lowest BCUT2D eigenvalue weighted by Gasteiger charge is -2.10. The maximum Gasteiger partial charge on any atom is 0.344 e. The van der Waals surface area contributed by atoms with Crippen molar-refractivity contribution >= 4 is 29.3 Å². The first-order valence-electron chi connectivity index (χ1n) is 7.49. The third kappa shape index (κ3) is 4.48. The van der Waals surface area contributed by atoms with Gasteiger partial charge < -0.3 is 10.1 Å². The molecule has 1 aromatic carbocycles. The van der Waals surface area contributed by atoms with E-state index >= 15 is 0 Å². The molecule has 0 atom stereocenters. The number of aryl methyl sites for hydroxylation is 2. The second-order valence-corrected chi connectivity index (χ2v) is 6.25. The SMILES string of the molecule is CSc1cccc(NC(=O)COC(=O)c2c(C)c(C)nn(C)c2=O)c1. The molecule has 1 amide bonds. The van der Waals surface area contributed by atoms with Gasteiger partial charge in [-0.05, 0) is 43.9 Å². The maximum absolute atomic E-state index is 12.2. The number of esters is 1. The number of amides is 1. The van der Waals surface area contributed by atoms with E-state index in [-0.39, 0.29) is 5.56 Å². The van der Waals surface area contributed by atoms with E-state index in [2.05, 4.69) is 10.4 Å². The van der Waals surface area contributed by atoms with Gasteiger partial charge in [0.05, 0.1) is 5.69 Å². The zero-order valence-electron chi connectivity index (χ0n) is 14.5. The molecule has 2 aromatic rings. The summed E-state index contributed by atoms with van der Waals surface area (Å²) in [7, 11) is 1.46. The van der Waals surface area contributed by atoms with Crippen molar-refractivity contribution < 1.29 is 14.3 Å². The van der Waals surface area contributed by atoms with Gasteiger partial charge in [0.15, 0.2) is 6.61 Å². The van der Waals surface area contributed by atoms with E-state index in [1.165, 1.54) is 7.05 Å². The zero-order chi connectivity index (χ0) is 18.6. The smallest absolute Gasteiger partial charge is 0.344 e. The number of benzene rings is 1. The first kappa shape index (κ1) is 18.7. The standard InChI is InChI=1S/C17H19N3O4S/c1-10-11(2)19-20(3)16(22)15(10)17(23)24-9-14(21)18-12-6-5-7-13(8-12)25-4/h5-8H,9H2,1-4H3,(H,18,21). The molecule has 0 saturated heterocycles. The van der Waals surface area contributed by atoms with Crippen LogP contribution in [0.3, 0.4) is 0 Å². The number of hydrogen-bond acceptors (Lipinski definition) is 6. The summed E-state index contributed by atoms with van der Waals surface area (Å²) < 4.78 is 6.07. The lowest BCUT2D eigenvalue weighted by atomic mass is 10.1. The quantitative estimate of drug-likeness (QED) is 0.646. The van der Waals surface area contributed by atoms with Gasteiger partial charge in [-0.25, -0.2) is 9.48 Å². The molecule has 1 heterocycles. The second kappa shape index (κ2) is 7.98. The van der Waals surface area contributed by atoms with Gasteiger partial charge in [-0.1, -0.05) is 6.07 Å². The van der Waals surface area contributed by atoms with Crippen LogP contribution in [0.15, 0.2) is 34.0 Å². The highest BCUT2D eigenvalue weighted by molar-refractivity contribution is 7.98. The molecule has 7 nitrogen and oxygen atoms in total. The predicted octanol–water partition coefficient (Wildman–Crippen LogP) is 1.91. The summed E-state index contributed by atoms with van der Waals surface area (Å²) in [6.45, 7) is 2.83. The summed E-state index contributed by atoms with van der Waals surface area (Å²) in [4.78, 5) is 37.2. The van der Waals surface area contributed by atoms with E-state index < -0.39 is 24.0 Å². The molecule has 1 aromatic heterocycles. The Bertz CT molecular complexity index is 877. The van der Waals surface area contributed by atoms with Crippen LogP contribution in [0.5, 0.6) is 0 Å². The van der Waals surface area contributed by atoms with Crippen LogP contribution in [-0.2, 0) is 16.6 Å². The molecule has 0 fully saturated rings. The van der Waals surface area contributed by atoms with Crippen LogP contribution in [0.1, 0.15) is 21.6 Å². The van der Waals surface area contributed by atoms with E-state index in [9.17, 15) is 14.4 Å². The van der Waals surface area contributed by atoms with Gasteiger partial charge in [-0.3, -0.25) is 9.59 Å². The molecular formula is C17H19N3O4S. The fraction of sp³-hybridized carbons (Fsp3) is 0.294. The number of thioether (sulfide) groups is 1. The minimum atomic E-state index is -0.836. The molecule has 0 spiro atoms. The van der Waals surface area contributed by atoms with Crippen molar-refractivity contribution in [1.82, 2.24) is 9.78 Å². The van der Waals surface area contributed by atoms with Crippen molar-refractivity contribution in [2.45, 2.75) is 18.7 Å². The summed E-state index contributed by atoms with van der Waals surface area (Å²) in [5.41, 5.74) is 0.946. The summed E-state index contributed by atoms with van der Waals surface area (Å²) in [5, 5.41) is 6.65. The third-order valence-corrected chi connectivity index (χ3v) is 4.34. The number of hydrogen-bond donors (Lipinski definition) is 1. The zero-order valence-corrected chi connectivity index (χ0v) is 15.3. The number of aromatic nitrogens is 2. The fourth-order valence-corrected chi connectivity index (χ4v) is 2.65. The van der Waals surface area contributed by atoms with Gasteiger partial charge in [-0.2, -0.15) is 5.10 Å². The van der Waals surface area contributed by atoms with Crippen LogP contribution in [0.4, 0.5) is 5.69 Å². The Labute approximate surface area is 149 Å². The van der Waals surface area contributed by atoms with E-state index in [0.29, 0.717) is 16.9 Å². The Morgan fingerprint density at radius 2 is 2.04 bits per heavy atom. The van der Waals surface area contributed by atoms with Gasteiger partial charge in [0.1, 0.15) is 5.56 Å². The van der Waals surface area contributed by atoms with Gasteiger partial charge in [0, 0.05) is 17.6 Å². The molecule has 0 radical (unpaired) electrons. The van der Waals surface area contributed by atoms with Crippen molar-refractivity contribution in [3.05, 3.63) is 51.4 Å². The molecule has 0 aliphatic carbocycles. The predicted molar refractivity (Wildman–Crippen MR) is 96.1 cm³/mol. The summed E-state index contributed by atoms with van der Waals surface area (Å²) in [6, 6.07) is 7.30. The van der Waals surface area contributed by atoms with Crippen LogP contribution < -0.4 is 10.9 Å². The number of ether oxygens (including phenoxy) is 1. The van der Waals surface area contributed by atoms with Crippen molar-refractivity contribution in [3.8, 4) is 0 Å². The van der Waals surface area contributed by atoms with Crippen molar-refractivity contribution in [2.24, 2.45) is 7.05 Å². The highest BCUT2D eigenvalue weighted by Crippen LogP contribution is 2.18. The van der Waals surface area contributed by atoms with Crippen LogP contribution in [-0.4, -0.2) is 34.5 Å². The first-order chi connectivity index (χ1) is 11.8. The number of carbonyl (C=O) groups is 2. The summed E-state index contributed by atoms with van der Waals surface area (Å²) in [5.74, 6) is -1.32. The monoisotopic (exact) mass is 361 g/mol. The molecular weight excluding hydrogens is 342 g/mol. The van der Waals surface area contributed by atoms with Gasteiger partial charge in [0.25, 0.3) is 11.5 Å². The third-order valence-electron chi connectivity index (χ3n) is 3.62. The van der Waals surface area contributed by atoms with Crippen LogP contribution in [0.2, 0.25) is 0 Å². The Morgan fingerprint density at radius 1 is 1.32 bits per heavy atom. The van der Waals surface area contributed by atoms with Gasteiger partial charge >= 0.3 is 5.97 Å². The lowest BCUT2D eigenvalue weighted by Crippen LogP contribution is -2.31. The molecule has 2 rings (SSSR count). The Hall–Kier alpha value is -2.61. The Balaban J connectivity index is 2.05. The van der Waals surface area contributed by atoms with Crippen LogP contribution >= 0.6 is 11.8 Å². The van der Waals surface area contributed by atoms with Crippen molar-refractivity contribution in [2.75, 3.05) is 18.2 Å². The normalized spacial score (nSPS) is 10.4. The molecule has 0 aliphatic rings. The number of anilines is 1. The van der Waals surface area contributed by atoms with Crippen LogP contribution in [0, 0.1) is 13.8 Å². The largest absolute Gasteiger partial charge is 0.452 e. The lowest BCUT2D eigenvalue weighted by molar-refractivity contribution is -0.119. The molecule has 0 unspecified atom stereocenters. The highest BCUT2D eigenvalue weighted by atomic mass is 32.2. The molecule has 0 bridgehead atoms. The van der Waals surface area contributed by atoms with Crippen LogP contribution in [0.25, 0.3) is 0 Å². The Kier molecular flexibility index (Phi) is 5.97. The van der Waals surface area contributed by atoms with Crippen molar-refractivity contribution in [3.63, 3.8) is 0 Å². The molecule has 25 heavy (non-hydrogen) atoms. The molecule has 1 N–H and O–H groups in total. The minimum Gasteiger partial charge on any atom is -0.452 e. The van der Waals surface area contributed by atoms with Gasteiger partial charge in [0.2, 0.25) is 0 Å². The molecule has 132 valence electrons. The van der Waals surface area contributed by atoms with E-state index in [1.54, 1.807) is 31.7 Å². The number of rotatable bonds is 5. The number of nitrogens with zero attached hydrogens (tertiary/aromatic N) is 2.